The van der Waals surface area contributed by atoms with Gasteiger partial charge in [0.2, 0.25) is 5.91 Å². The van der Waals surface area contributed by atoms with Crippen LogP contribution in [0.5, 0.6) is 0 Å². The van der Waals surface area contributed by atoms with Crippen molar-refractivity contribution < 1.29 is 9.18 Å². The molecule has 0 aliphatic heterocycles. The number of amides is 1. The van der Waals surface area contributed by atoms with Gasteiger partial charge in [-0.25, -0.2) is 9.07 Å². The zero-order chi connectivity index (χ0) is 13.8. The fraction of sp³-hybridized carbons (Fsp3) is 0.250. The molecule has 6 nitrogen and oxygen atoms in total. The highest BCUT2D eigenvalue weighted by Crippen LogP contribution is 2.12. The molecule has 0 radical (unpaired) electrons. The molecule has 0 spiro atoms. The van der Waals surface area contributed by atoms with Gasteiger partial charge in [-0.3, -0.25) is 4.79 Å². The second-order valence-electron chi connectivity index (χ2n) is 4.07. The molecule has 100 valence electrons. The molecule has 19 heavy (non-hydrogen) atoms. The molecule has 2 rings (SSSR count). The maximum Gasteiger partial charge on any atom is 0.234 e. The van der Waals surface area contributed by atoms with Crippen molar-refractivity contribution in [1.82, 2.24) is 20.3 Å². The number of hydrogen-bond acceptors (Lipinski definition) is 4. The van der Waals surface area contributed by atoms with Crippen molar-refractivity contribution in [2.45, 2.75) is 13.5 Å². The number of halogens is 1. The fourth-order valence-corrected chi connectivity index (χ4v) is 1.54. The van der Waals surface area contributed by atoms with E-state index >= 15 is 0 Å². The number of carbonyl (C=O) groups is 1. The smallest absolute Gasteiger partial charge is 0.234 e. The normalized spacial score (nSPS) is 10.5. The van der Waals surface area contributed by atoms with Gasteiger partial charge in [0.25, 0.3) is 0 Å². The number of benzene rings is 1. The summed E-state index contributed by atoms with van der Waals surface area (Å²) in [6.07, 6.45) is 1.67. The largest absolute Gasteiger partial charge is 0.349 e. The first-order chi connectivity index (χ1) is 9.10. The van der Waals surface area contributed by atoms with Crippen LogP contribution in [0.3, 0.4) is 0 Å². The molecule has 7 heteroatoms. The van der Waals surface area contributed by atoms with Gasteiger partial charge in [-0.1, -0.05) is 5.21 Å². The minimum atomic E-state index is -0.265. The molecule has 0 atom stereocenters. The van der Waals surface area contributed by atoms with Gasteiger partial charge in [0.05, 0.1) is 25.0 Å². The van der Waals surface area contributed by atoms with Crippen molar-refractivity contribution in [3.05, 3.63) is 41.5 Å². The highest BCUT2D eigenvalue weighted by molar-refractivity contribution is 5.77. The van der Waals surface area contributed by atoms with Crippen molar-refractivity contribution in [3.63, 3.8) is 0 Å². The lowest BCUT2D eigenvalue weighted by Crippen LogP contribution is -2.29. The molecule has 0 unspecified atom stereocenters. The van der Waals surface area contributed by atoms with Gasteiger partial charge in [-0.05, 0) is 30.7 Å². The second-order valence-corrected chi connectivity index (χ2v) is 4.07. The van der Waals surface area contributed by atoms with Crippen molar-refractivity contribution in [2.75, 3.05) is 6.54 Å². The first kappa shape index (κ1) is 13.2. The molecule has 0 bridgehead atoms. The SMILES string of the molecule is Cc1cc(-n2cc(CNC(=O)CN)nn2)ccc1F. The Bertz CT molecular complexity index is 596. The van der Waals surface area contributed by atoms with Crippen LogP contribution in [0.15, 0.2) is 24.4 Å². The number of aryl methyl sites for hydroxylation is 1. The van der Waals surface area contributed by atoms with E-state index < -0.39 is 0 Å². The van der Waals surface area contributed by atoms with Crippen LogP contribution in [0.4, 0.5) is 4.39 Å². The summed E-state index contributed by atoms with van der Waals surface area (Å²) in [6.45, 7) is 1.87. The lowest BCUT2D eigenvalue weighted by molar-refractivity contribution is -0.119. The summed E-state index contributed by atoms with van der Waals surface area (Å²) in [5, 5.41) is 10.4. The zero-order valence-corrected chi connectivity index (χ0v) is 10.4. The van der Waals surface area contributed by atoms with E-state index in [9.17, 15) is 9.18 Å². The molecular formula is C12H14FN5O. The molecular weight excluding hydrogens is 249 g/mol. The van der Waals surface area contributed by atoms with Crippen molar-refractivity contribution in [2.24, 2.45) is 5.73 Å². The molecule has 1 aromatic heterocycles. The van der Waals surface area contributed by atoms with Gasteiger partial charge in [-0.2, -0.15) is 0 Å². The molecule has 0 fully saturated rings. The Balaban J connectivity index is 2.12. The summed E-state index contributed by atoms with van der Waals surface area (Å²) in [6, 6.07) is 4.66. The lowest BCUT2D eigenvalue weighted by Gasteiger charge is -2.02. The Morgan fingerprint density at radius 3 is 3.00 bits per heavy atom. The molecule has 0 aliphatic rings. The van der Waals surface area contributed by atoms with E-state index in [2.05, 4.69) is 15.6 Å². The highest BCUT2D eigenvalue weighted by atomic mass is 19.1. The minimum absolute atomic E-state index is 0.0642. The molecule has 0 saturated heterocycles. The van der Waals surface area contributed by atoms with E-state index in [4.69, 9.17) is 5.73 Å². The summed E-state index contributed by atoms with van der Waals surface area (Å²) in [5.41, 5.74) is 7.02. The van der Waals surface area contributed by atoms with Crippen LogP contribution in [0, 0.1) is 12.7 Å². The lowest BCUT2D eigenvalue weighted by atomic mass is 10.2. The Morgan fingerprint density at radius 2 is 2.32 bits per heavy atom. The Labute approximate surface area is 109 Å². The maximum absolute atomic E-state index is 13.2. The molecule has 1 amide bonds. The monoisotopic (exact) mass is 263 g/mol. The molecule has 3 N–H and O–H groups in total. The van der Waals surface area contributed by atoms with Crippen molar-refractivity contribution in [1.29, 1.82) is 0 Å². The van der Waals surface area contributed by atoms with Crippen LogP contribution in [-0.4, -0.2) is 27.4 Å². The van der Waals surface area contributed by atoms with Gasteiger partial charge < -0.3 is 11.1 Å². The second kappa shape index (κ2) is 5.57. The number of hydrogen-bond donors (Lipinski definition) is 2. The number of nitrogens with two attached hydrogens (primary N) is 1. The molecule has 0 saturated carbocycles. The first-order valence-electron chi connectivity index (χ1n) is 5.74. The average molecular weight is 263 g/mol. The quantitative estimate of drug-likeness (QED) is 0.830. The summed E-state index contributed by atoms with van der Waals surface area (Å²) in [4.78, 5) is 11.0. The van der Waals surface area contributed by atoms with Gasteiger partial charge in [0.15, 0.2) is 0 Å². The number of nitrogens with one attached hydrogen (secondary N) is 1. The van der Waals surface area contributed by atoms with E-state index in [-0.39, 0.29) is 24.8 Å². The third kappa shape index (κ3) is 3.14. The van der Waals surface area contributed by atoms with Gasteiger partial charge in [0, 0.05) is 0 Å². The average Bonchev–Trinajstić information content (AvgIpc) is 2.88. The molecule has 1 aromatic carbocycles. The first-order valence-corrected chi connectivity index (χ1v) is 5.74. The summed E-state index contributed by atoms with van der Waals surface area (Å²) >= 11 is 0. The van der Waals surface area contributed by atoms with Gasteiger partial charge in [0.1, 0.15) is 11.5 Å². The molecule has 2 aromatic rings. The van der Waals surface area contributed by atoms with Gasteiger partial charge >= 0.3 is 0 Å². The molecule has 1 heterocycles. The third-order valence-corrected chi connectivity index (χ3v) is 2.60. The Kier molecular flexibility index (Phi) is 3.86. The van der Waals surface area contributed by atoms with E-state index in [0.29, 0.717) is 16.9 Å². The number of rotatable bonds is 4. The van der Waals surface area contributed by atoms with Crippen LogP contribution in [-0.2, 0) is 11.3 Å². The van der Waals surface area contributed by atoms with E-state index in [0.717, 1.165) is 0 Å². The van der Waals surface area contributed by atoms with Crippen LogP contribution in [0.25, 0.3) is 5.69 Å². The van der Waals surface area contributed by atoms with Crippen LogP contribution >= 0.6 is 0 Å². The third-order valence-electron chi connectivity index (χ3n) is 2.60. The standard InChI is InChI=1S/C12H14FN5O/c1-8-4-10(2-3-11(8)13)18-7-9(16-17-18)6-15-12(19)5-14/h2-4,7H,5-6,14H2,1H3,(H,15,19). The van der Waals surface area contributed by atoms with E-state index in [1.807, 2.05) is 0 Å². The van der Waals surface area contributed by atoms with E-state index in [1.165, 1.54) is 10.7 Å². The summed E-state index contributed by atoms with van der Waals surface area (Å²) in [5.74, 6) is -0.522. The summed E-state index contributed by atoms with van der Waals surface area (Å²) in [7, 11) is 0. The Hall–Kier alpha value is -2.28. The van der Waals surface area contributed by atoms with Gasteiger partial charge in [-0.15, -0.1) is 5.10 Å². The van der Waals surface area contributed by atoms with Crippen LogP contribution < -0.4 is 11.1 Å². The van der Waals surface area contributed by atoms with Crippen molar-refractivity contribution in [3.8, 4) is 5.69 Å². The van der Waals surface area contributed by atoms with Crippen LogP contribution in [0.2, 0.25) is 0 Å². The molecule has 0 aliphatic carbocycles. The van der Waals surface area contributed by atoms with Crippen LogP contribution in [0.1, 0.15) is 11.3 Å². The minimum Gasteiger partial charge on any atom is -0.349 e. The summed E-state index contributed by atoms with van der Waals surface area (Å²) < 4.78 is 14.7. The van der Waals surface area contributed by atoms with E-state index in [1.54, 1.807) is 25.3 Å². The fourth-order valence-electron chi connectivity index (χ4n) is 1.54. The topological polar surface area (TPSA) is 85.8 Å². The highest BCUT2D eigenvalue weighted by Gasteiger charge is 2.06. The predicted molar refractivity (Wildman–Crippen MR) is 67.0 cm³/mol. The van der Waals surface area contributed by atoms with Crippen molar-refractivity contribution >= 4 is 5.91 Å². The Morgan fingerprint density at radius 1 is 1.53 bits per heavy atom. The number of aromatic nitrogens is 3. The zero-order valence-electron chi connectivity index (χ0n) is 10.4. The maximum atomic E-state index is 13.2. The number of nitrogens with zero attached hydrogens (tertiary/aromatic N) is 3. The predicted octanol–water partition coefficient (Wildman–Crippen LogP) is 0.290. The number of carbonyl (C=O) groups excluding carboxylic acids is 1.